The molecule has 19 heavy (non-hydrogen) atoms. The number of rotatable bonds is 4. The van der Waals surface area contributed by atoms with Crippen molar-refractivity contribution in [2.45, 2.75) is 39.3 Å². The van der Waals surface area contributed by atoms with Gasteiger partial charge in [0.25, 0.3) is 0 Å². The zero-order valence-corrected chi connectivity index (χ0v) is 11.7. The highest BCUT2D eigenvalue weighted by Crippen LogP contribution is 2.33. The molecule has 0 saturated carbocycles. The summed E-state index contributed by atoms with van der Waals surface area (Å²) in [4.78, 5) is 4.49. The number of imidazole rings is 1. The Kier molecular flexibility index (Phi) is 3.38. The minimum Gasteiger partial charge on any atom is -0.331 e. The molecule has 0 saturated heterocycles. The molecule has 1 aromatic heterocycles. The van der Waals surface area contributed by atoms with Crippen LogP contribution in [-0.2, 0) is 13.0 Å². The molecule has 2 aromatic rings. The zero-order valence-electron chi connectivity index (χ0n) is 11.7. The number of aryl methyl sites for hydroxylation is 2. The van der Waals surface area contributed by atoms with Gasteiger partial charge in [0, 0.05) is 30.5 Å². The molecule has 1 atom stereocenters. The molecule has 100 valence electrons. The second kappa shape index (κ2) is 5.17. The fourth-order valence-corrected chi connectivity index (χ4v) is 3.04. The highest BCUT2D eigenvalue weighted by Gasteiger charge is 2.22. The number of nitrogens with one attached hydrogen (secondary N) is 1. The van der Waals surface area contributed by atoms with Crippen LogP contribution in [0, 0.1) is 0 Å². The van der Waals surface area contributed by atoms with Crippen molar-refractivity contribution in [2.75, 3.05) is 6.54 Å². The molecule has 0 radical (unpaired) electrons. The predicted molar refractivity (Wildman–Crippen MR) is 78.1 cm³/mol. The van der Waals surface area contributed by atoms with Gasteiger partial charge in [-0.05, 0) is 43.5 Å². The third-order valence-electron chi connectivity index (χ3n) is 3.99. The fourth-order valence-electron chi connectivity index (χ4n) is 3.04. The van der Waals surface area contributed by atoms with Crippen molar-refractivity contribution in [1.29, 1.82) is 0 Å². The lowest BCUT2D eigenvalue weighted by Crippen LogP contribution is -2.18. The second-order valence-electron chi connectivity index (χ2n) is 5.10. The van der Waals surface area contributed by atoms with Gasteiger partial charge in [-0.1, -0.05) is 19.1 Å². The monoisotopic (exact) mass is 255 g/mol. The normalized spacial score (nSPS) is 17.7. The van der Waals surface area contributed by atoms with Gasteiger partial charge < -0.3 is 9.88 Å². The van der Waals surface area contributed by atoms with E-state index < -0.39 is 0 Å². The summed E-state index contributed by atoms with van der Waals surface area (Å²) < 4.78 is 2.19. The maximum atomic E-state index is 4.49. The molecule has 0 spiro atoms. The Balaban J connectivity index is 1.95. The average Bonchev–Trinajstić information content (AvgIpc) is 3.05. The molecule has 0 aliphatic heterocycles. The van der Waals surface area contributed by atoms with E-state index in [1.807, 2.05) is 12.4 Å². The first-order valence-electron chi connectivity index (χ1n) is 7.21. The van der Waals surface area contributed by atoms with E-state index in [4.69, 9.17) is 0 Å². The topological polar surface area (TPSA) is 29.9 Å². The van der Waals surface area contributed by atoms with Crippen LogP contribution in [0.5, 0.6) is 0 Å². The summed E-state index contributed by atoms with van der Waals surface area (Å²) in [6, 6.07) is 7.35. The van der Waals surface area contributed by atoms with Crippen LogP contribution in [0.2, 0.25) is 0 Å². The minimum absolute atomic E-state index is 0.542. The van der Waals surface area contributed by atoms with Crippen molar-refractivity contribution < 1.29 is 0 Å². The van der Waals surface area contributed by atoms with Crippen molar-refractivity contribution >= 4 is 0 Å². The van der Waals surface area contributed by atoms with Gasteiger partial charge in [-0.3, -0.25) is 0 Å². The lowest BCUT2D eigenvalue weighted by molar-refractivity contribution is 0.549. The molecule has 0 amide bonds. The van der Waals surface area contributed by atoms with Crippen LogP contribution in [0.15, 0.2) is 30.6 Å². The zero-order chi connectivity index (χ0) is 13.2. The molecule has 1 aliphatic carbocycles. The molecule has 3 heteroatoms. The van der Waals surface area contributed by atoms with E-state index >= 15 is 0 Å². The lowest BCUT2D eigenvalue weighted by Gasteiger charge is -2.13. The summed E-state index contributed by atoms with van der Waals surface area (Å²) in [5.41, 5.74) is 4.19. The second-order valence-corrected chi connectivity index (χ2v) is 5.10. The number of aromatic nitrogens is 2. The number of benzene rings is 1. The third kappa shape index (κ3) is 2.19. The molecular formula is C16H21N3. The van der Waals surface area contributed by atoms with Crippen molar-refractivity contribution in [3.8, 4) is 11.4 Å². The Hall–Kier alpha value is -1.61. The maximum Gasteiger partial charge on any atom is 0.139 e. The lowest BCUT2D eigenvalue weighted by atomic mass is 10.0. The van der Waals surface area contributed by atoms with E-state index in [1.165, 1.54) is 29.5 Å². The molecule has 0 bridgehead atoms. The van der Waals surface area contributed by atoms with Crippen molar-refractivity contribution in [3.63, 3.8) is 0 Å². The predicted octanol–water partition coefficient (Wildman–Crippen LogP) is 3.17. The van der Waals surface area contributed by atoms with E-state index in [2.05, 4.69) is 46.9 Å². The third-order valence-corrected chi connectivity index (χ3v) is 3.99. The van der Waals surface area contributed by atoms with Gasteiger partial charge in [-0.15, -0.1) is 0 Å². The number of hydrogen-bond acceptors (Lipinski definition) is 2. The van der Waals surface area contributed by atoms with E-state index in [0.29, 0.717) is 6.04 Å². The van der Waals surface area contributed by atoms with Gasteiger partial charge in [0.05, 0.1) is 0 Å². The average molecular weight is 255 g/mol. The van der Waals surface area contributed by atoms with Gasteiger partial charge in [-0.2, -0.15) is 0 Å². The fraction of sp³-hybridized carbons (Fsp3) is 0.438. The first kappa shape index (κ1) is 12.4. The van der Waals surface area contributed by atoms with E-state index in [-0.39, 0.29) is 0 Å². The van der Waals surface area contributed by atoms with Crippen LogP contribution in [0.4, 0.5) is 0 Å². The summed E-state index contributed by atoms with van der Waals surface area (Å²) in [6.45, 7) is 6.32. The molecule has 1 heterocycles. The molecule has 1 N–H and O–H groups in total. The molecule has 3 rings (SSSR count). The van der Waals surface area contributed by atoms with Gasteiger partial charge in [0.1, 0.15) is 5.82 Å². The van der Waals surface area contributed by atoms with Crippen molar-refractivity contribution in [2.24, 2.45) is 0 Å². The highest BCUT2D eigenvalue weighted by molar-refractivity contribution is 5.59. The van der Waals surface area contributed by atoms with Gasteiger partial charge >= 0.3 is 0 Å². The Labute approximate surface area is 114 Å². The van der Waals surface area contributed by atoms with E-state index in [1.54, 1.807) is 0 Å². The summed E-state index contributed by atoms with van der Waals surface area (Å²) >= 11 is 0. The van der Waals surface area contributed by atoms with Crippen LogP contribution in [0.3, 0.4) is 0 Å². The maximum absolute atomic E-state index is 4.49. The molecule has 0 fully saturated rings. The summed E-state index contributed by atoms with van der Waals surface area (Å²) in [5.74, 6) is 1.08. The molecule has 1 unspecified atom stereocenters. The number of hydrogen-bond donors (Lipinski definition) is 1. The minimum atomic E-state index is 0.542. The Bertz CT molecular complexity index is 571. The Morgan fingerprint density at radius 1 is 1.37 bits per heavy atom. The van der Waals surface area contributed by atoms with E-state index in [9.17, 15) is 0 Å². The van der Waals surface area contributed by atoms with Crippen molar-refractivity contribution in [1.82, 2.24) is 14.9 Å². The largest absolute Gasteiger partial charge is 0.331 e. The molecule has 1 aromatic carbocycles. The van der Waals surface area contributed by atoms with E-state index in [0.717, 1.165) is 18.9 Å². The highest BCUT2D eigenvalue weighted by atomic mass is 15.1. The summed E-state index contributed by atoms with van der Waals surface area (Å²) in [6.07, 6.45) is 6.32. The smallest absolute Gasteiger partial charge is 0.139 e. The SMILES string of the molecule is CCNC1CCc2cc(-c3nccn3CC)ccc21. The first-order chi connectivity index (χ1) is 9.33. The standard InChI is InChI=1S/C16H21N3/c1-3-17-15-8-6-12-11-13(5-7-14(12)15)16-18-9-10-19(16)4-2/h5,7,9-11,15,17H,3-4,6,8H2,1-2H3. The quantitative estimate of drug-likeness (QED) is 0.909. The van der Waals surface area contributed by atoms with Crippen LogP contribution < -0.4 is 5.32 Å². The summed E-state index contributed by atoms with van der Waals surface area (Å²) in [5, 5.41) is 3.56. The van der Waals surface area contributed by atoms with Crippen LogP contribution in [0.1, 0.15) is 37.4 Å². The van der Waals surface area contributed by atoms with Gasteiger partial charge in [0.2, 0.25) is 0 Å². The molecular weight excluding hydrogens is 234 g/mol. The van der Waals surface area contributed by atoms with Crippen molar-refractivity contribution in [3.05, 3.63) is 41.7 Å². The number of fused-ring (bicyclic) bond motifs is 1. The molecule has 3 nitrogen and oxygen atoms in total. The Morgan fingerprint density at radius 3 is 3.05 bits per heavy atom. The number of nitrogens with zero attached hydrogens (tertiary/aromatic N) is 2. The summed E-state index contributed by atoms with van der Waals surface area (Å²) in [7, 11) is 0. The van der Waals surface area contributed by atoms with Gasteiger partial charge in [0.15, 0.2) is 0 Å². The van der Waals surface area contributed by atoms with Crippen LogP contribution in [0.25, 0.3) is 11.4 Å². The van der Waals surface area contributed by atoms with Crippen LogP contribution in [-0.4, -0.2) is 16.1 Å². The first-order valence-corrected chi connectivity index (χ1v) is 7.21. The van der Waals surface area contributed by atoms with Gasteiger partial charge in [-0.25, -0.2) is 4.98 Å². The Morgan fingerprint density at radius 2 is 2.26 bits per heavy atom. The van der Waals surface area contributed by atoms with Crippen LogP contribution >= 0.6 is 0 Å². The molecule has 1 aliphatic rings.